The van der Waals surface area contributed by atoms with Crippen molar-refractivity contribution in [2.45, 2.75) is 18.4 Å². The van der Waals surface area contributed by atoms with Gasteiger partial charge in [0.15, 0.2) is 0 Å². The van der Waals surface area contributed by atoms with Crippen LogP contribution in [0.15, 0.2) is 29.4 Å². The minimum atomic E-state index is -0.517. The van der Waals surface area contributed by atoms with Crippen molar-refractivity contribution >= 4 is 17.0 Å². The number of H-pyrrole nitrogens is 1. The van der Waals surface area contributed by atoms with Gasteiger partial charge < -0.3 is 10.1 Å². The molecule has 2 N–H and O–H groups in total. The largest absolute Gasteiger partial charge is 0.507 e. The Morgan fingerprint density at radius 2 is 2.19 bits per heavy atom. The fourth-order valence-corrected chi connectivity index (χ4v) is 2.14. The highest BCUT2D eigenvalue weighted by molar-refractivity contribution is 5.87. The fourth-order valence-electron chi connectivity index (χ4n) is 2.14. The maximum absolute atomic E-state index is 10.4. The number of nitrogens with one attached hydrogen (secondary N) is 1. The molecular weight excluding hydrogens is 204 g/mol. The zero-order valence-corrected chi connectivity index (χ0v) is 8.53. The molecule has 0 spiro atoms. The number of fused-ring (bicyclic) bond motifs is 1. The van der Waals surface area contributed by atoms with Crippen molar-refractivity contribution in [3.8, 4) is 5.75 Å². The molecule has 16 heavy (non-hydrogen) atoms. The Balaban J connectivity index is 2.24. The Labute approximate surface area is 91.6 Å². The van der Waals surface area contributed by atoms with Gasteiger partial charge >= 0.3 is 0 Å². The molecule has 3 rings (SSSR count). The highest BCUT2D eigenvalue weighted by Gasteiger charge is 2.46. The molecule has 1 saturated carbocycles. The first-order valence-electron chi connectivity index (χ1n) is 5.15. The third-order valence-corrected chi connectivity index (χ3v) is 3.19. The SMILES string of the molecule is O=C=NC1(c2ccc3[nH]ccc3c2O)CC1. The Morgan fingerprint density at radius 1 is 1.38 bits per heavy atom. The average molecular weight is 214 g/mol. The lowest BCUT2D eigenvalue weighted by atomic mass is 10.0. The van der Waals surface area contributed by atoms with Crippen molar-refractivity contribution in [2.24, 2.45) is 4.99 Å². The molecule has 1 aromatic heterocycles. The number of carbonyl (C=O) groups excluding carboxylic acids is 1. The van der Waals surface area contributed by atoms with Crippen molar-refractivity contribution in [3.05, 3.63) is 30.0 Å². The normalized spacial score (nSPS) is 17.0. The summed E-state index contributed by atoms with van der Waals surface area (Å²) in [6, 6.07) is 5.53. The van der Waals surface area contributed by atoms with E-state index >= 15 is 0 Å². The van der Waals surface area contributed by atoms with E-state index in [0.717, 1.165) is 29.3 Å². The molecule has 1 aliphatic carbocycles. The monoisotopic (exact) mass is 214 g/mol. The summed E-state index contributed by atoms with van der Waals surface area (Å²) in [5.41, 5.74) is 1.09. The van der Waals surface area contributed by atoms with Crippen LogP contribution in [0.25, 0.3) is 10.9 Å². The second-order valence-corrected chi connectivity index (χ2v) is 4.14. The molecule has 0 bridgehead atoms. The van der Waals surface area contributed by atoms with Gasteiger partial charge in [0.05, 0.1) is 0 Å². The standard InChI is InChI=1S/C12H10N2O2/c15-7-14-12(4-5-12)9-1-2-10-8(11(9)16)3-6-13-10/h1-3,6,13,16H,4-5H2. The van der Waals surface area contributed by atoms with Crippen LogP contribution in [0.2, 0.25) is 0 Å². The van der Waals surface area contributed by atoms with Gasteiger partial charge in [-0.2, -0.15) is 4.99 Å². The Hall–Kier alpha value is -2.06. The van der Waals surface area contributed by atoms with Gasteiger partial charge in [0.25, 0.3) is 0 Å². The van der Waals surface area contributed by atoms with Crippen molar-refractivity contribution in [1.29, 1.82) is 0 Å². The number of hydrogen-bond donors (Lipinski definition) is 2. The summed E-state index contributed by atoms with van der Waals surface area (Å²) in [6.07, 6.45) is 4.96. The van der Waals surface area contributed by atoms with Crippen molar-refractivity contribution < 1.29 is 9.90 Å². The minimum absolute atomic E-state index is 0.218. The topological polar surface area (TPSA) is 65.5 Å². The number of benzene rings is 1. The molecular formula is C12H10N2O2. The number of nitrogens with zero attached hydrogens (tertiary/aromatic N) is 1. The first kappa shape index (κ1) is 9.19. The first-order valence-corrected chi connectivity index (χ1v) is 5.15. The zero-order valence-electron chi connectivity index (χ0n) is 8.53. The lowest BCUT2D eigenvalue weighted by Gasteiger charge is -2.10. The summed E-state index contributed by atoms with van der Waals surface area (Å²) in [7, 11) is 0. The van der Waals surface area contributed by atoms with E-state index in [0.29, 0.717) is 0 Å². The third-order valence-electron chi connectivity index (χ3n) is 3.19. The quantitative estimate of drug-likeness (QED) is 0.594. The van der Waals surface area contributed by atoms with Crippen LogP contribution in [0.1, 0.15) is 18.4 Å². The molecule has 0 unspecified atom stereocenters. The third kappa shape index (κ3) is 1.11. The highest BCUT2D eigenvalue weighted by Crippen LogP contribution is 2.53. The zero-order chi connectivity index (χ0) is 11.2. The van der Waals surface area contributed by atoms with Crippen LogP contribution in [0, 0.1) is 0 Å². The second-order valence-electron chi connectivity index (χ2n) is 4.14. The van der Waals surface area contributed by atoms with E-state index in [1.165, 1.54) is 0 Å². The van der Waals surface area contributed by atoms with Crippen LogP contribution in [0.3, 0.4) is 0 Å². The number of aromatic nitrogens is 1. The number of aromatic amines is 1. The number of aromatic hydroxyl groups is 1. The van der Waals surface area contributed by atoms with E-state index in [1.807, 2.05) is 18.2 Å². The van der Waals surface area contributed by atoms with Gasteiger partial charge in [0.1, 0.15) is 11.3 Å². The molecule has 1 fully saturated rings. The van der Waals surface area contributed by atoms with E-state index in [2.05, 4.69) is 9.98 Å². The molecule has 80 valence electrons. The second kappa shape index (κ2) is 2.97. The van der Waals surface area contributed by atoms with Gasteiger partial charge in [-0.15, -0.1) is 0 Å². The molecule has 0 amide bonds. The van der Waals surface area contributed by atoms with Gasteiger partial charge in [-0.05, 0) is 25.0 Å². The minimum Gasteiger partial charge on any atom is -0.507 e. The summed E-state index contributed by atoms with van der Waals surface area (Å²) in [5.74, 6) is 0.218. The molecule has 4 heteroatoms. The highest BCUT2D eigenvalue weighted by atomic mass is 16.3. The summed E-state index contributed by atoms with van der Waals surface area (Å²) >= 11 is 0. The lowest BCUT2D eigenvalue weighted by Crippen LogP contribution is -2.02. The maximum Gasteiger partial charge on any atom is 0.235 e. The summed E-state index contributed by atoms with van der Waals surface area (Å²) in [4.78, 5) is 17.2. The lowest BCUT2D eigenvalue weighted by molar-refractivity contribution is 0.466. The summed E-state index contributed by atoms with van der Waals surface area (Å²) in [6.45, 7) is 0. The molecule has 2 aromatic rings. The number of hydrogen-bond acceptors (Lipinski definition) is 3. The van der Waals surface area contributed by atoms with Crippen LogP contribution < -0.4 is 0 Å². The van der Waals surface area contributed by atoms with Gasteiger partial charge in [-0.25, -0.2) is 4.79 Å². The number of phenols is 1. The van der Waals surface area contributed by atoms with Gasteiger partial charge in [0, 0.05) is 22.7 Å². The fraction of sp³-hybridized carbons (Fsp3) is 0.250. The van der Waals surface area contributed by atoms with Crippen molar-refractivity contribution in [1.82, 2.24) is 4.98 Å². The number of phenolic OH excluding ortho intramolecular Hbond substituents is 1. The van der Waals surface area contributed by atoms with E-state index < -0.39 is 5.54 Å². The van der Waals surface area contributed by atoms with Crippen LogP contribution >= 0.6 is 0 Å². The van der Waals surface area contributed by atoms with E-state index in [1.54, 1.807) is 12.3 Å². The van der Waals surface area contributed by atoms with Gasteiger partial charge in [-0.3, -0.25) is 0 Å². The average Bonchev–Trinajstić information content (AvgIpc) is 2.89. The van der Waals surface area contributed by atoms with Crippen molar-refractivity contribution in [3.63, 3.8) is 0 Å². The molecule has 0 radical (unpaired) electrons. The Kier molecular flexibility index (Phi) is 1.70. The van der Waals surface area contributed by atoms with Crippen LogP contribution in [-0.2, 0) is 10.3 Å². The van der Waals surface area contributed by atoms with Crippen LogP contribution in [-0.4, -0.2) is 16.2 Å². The molecule has 1 aromatic carbocycles. The molecule has 0 aliphatic heterocycles. The number of isocyanates is 1. The predicted molar refractivity (Wildman–Crippen MR) is 59.0 cm³/mol. The van der Waals surface area contributed by atoms with Crippen LogP contribution in [0.4, 0.5) is 0 Å². The van der Waals surface area contributed by atoms with Crippen molar-refractivity contribution in [2.75, 3.05) is 0 Å². The van der Waals surface area contributed by atoms with E-state index in [-0.39, 0.29) is 5.75 Å². The predicted octanol–water partition coefficient (Wildman–Crippen LogP) is 2.20. The first-order chi connectivity index (χ1) is 7.77. The Morgan fingerprint density at radius 3 is 2.88 bits per heavy atom. The molecule has 4 nitrogen and oxygen atoms in total. The smallest absolute Gasteiger partial charge is 0.235 e. The summed E-state index contributed by atoms with van der Waals surface area (Å²) in [5, 5.41) is 10.9. The maximum atomic E-state index is 10.4. The van der Waals surface area contributed by atoms with E-state index in [4.69, 9.17) is 0 Å². The van der Waals surface area contributed by atoms with Crippen LogP contribution in [0.5, 0.6) is 5.75 Å². The molecule has 0 atom stereocenters. The molecule has 1 aliphatic rings. The number of rotatable bonds is 2. The number of aliphatic imine (C=N–C) groups is 1. The molecule has 1 heterocycles. The molecule has 0 saturated heterocycles. The summed E-state index contributed by atoms with van der Waals surface area (Å²) < 4.78 is 0. The van der Waals surface area contributed by atoms with Gasteiger partial charge in [-0.1, -0.05) is 6.07 Å². The van der Waals surface area contributed by atoms with E-state index in [9.17, 15) is 9.90 Å². The Bertz CT molecular complexity index is 605. The van der Waals surface area contributed by atoms with Gasteiger partial charge in [0.2, 0.25) is 6.08 Å².